The summed E-state index contributed by atoms with van der Waals surface area (Å²) in [5.41, 5.74) is -3.66. The summed E-state index contributed by atoms with van der Waals surface area (Å²) in [5.74, 6) is -1.92. The van der Waals surface area contributed by atoms with Crippen LogP contribution >= 0.6 is 0 Å². The fraction of sp³-hybridized carbons (Fsp3) is 0.677. The molecule has 0 heterocycles. The summed E-state index contributed by atoms with van der Waals surface area (Å²) in [6.07, 6.45) is -2.67. The highest BCUT2D eigenvalue weighted by atomic mass is 16.8. The molecule has 0 aliphatic carbocycles. The van der Waals surface area contributed by atoms with Gasteiger partial charge in [0.15, 0.2) is 11.5 Å². The van der Waals surface area contributed by atoms with Crippen molar-refractivity contribution in [2.24, 2.45) is 5.92 Å². The number of carboxylic acids is 1. The molecule has 0 spiro atoms. The summed E-state index contributed by atoms with van der Waals surface area (Å²) < 4.78 is 32.2. The summed E-state index contributed by atoms with van der Waals surface area (Å²) >= 11 is 0. The van der Waals surface area contributed by atoms with Gasteiger partial charge in [0.2, 0.25) is 0 Å². The second-order valence-corrected chi connectivity index (χ2v) is 12.1. The SMILES string of the molecule is CCC(C)N[C@@](Cc1ccc(OC(=O)OC(C)(C)CC)c(OC(=O)OC(C)(C)CC)c1)(OC(=O)OC(C)C(C)C)C(=O)O. The molecule has 1 rings (SSSR count). The van der Waals surface area contributed by atoms with Crippen LogP contribution in [0.3, 0.4) is 0 Å². The number of aliphatic carboxylic acids is 1. The lowest BCUT2D eigenvalue weighted by molar-refractivity contribution is -0.168. The molecule has 0 saturated carbocycles. The van der Waals surface area contributed by atoms with Crippen molar-refractivity contribution < 1.29 is 52.7 Å². The van der Waals surface area contributed by atoms with E-state index < -0.39 is 53.9 Å². The van der Waals surface area contributed by atoms with Gasteiger partial charge >= 0.3 is 24.4 Å². The number of carbonyl (C=O) groups is 4. The molecular weight excluding hydrogens is 562 g/mol. The molecule has 1 aromatic carbocycles. The molecule has 0 aromatic heterocycles. The number of hydrogen-bond donors (Lipinski definition) is 2. The Bertz CT molecular complexity index is 1110. The molecule has 2 N–H and O–H groups in total. The minimum Gasteiger partial charge on any atom is -0.477 e. The maximum atomic E-state index is 12.7. The zero-order valence-electron chi connectivity index (χ0n) is 27.3. The first-order valence-corrected chi connectivity index (χ1v) is 14.6. The number of carboxylic acid groups (broad SMARTS) is 1. The number of carbonyl (C=O) groups excluding carboxylic acids is 3. The van der Waals surface area contributed by atoms with Gasteiger partial charge in [-0.25, -0.2) is 19.2 Å². The molecule has 1 aromatic rings. The Hall–Kier alpha value is -3.54. The van der Waals surface area contributed by atoms with Crippen molar-refractivity contribution in [2.75, 3.05) is 0 Å². The van der Waals surface area contributed by atoms with Gasteiger partial charge in [-0.05, 0) is 84.4 Å². The normalized spacial score (nSPS) is 14.6. The van der Waals surface area contributed by atoms with Gasteiger partial charge < -0.3 is 33.5 Å². The standard InChI is InChI=1S/C31H49NO11/c1-12-20(6)32-31(25(33)34,43-26(35)38-21(7)19(4)5)18-22-15-16-23(39-27(36)41-29(8,9)13-2)24(17-22)40-28(37)42-30(10,11)14-3/h15-17,19-21,32H,12-14,18H2,1-11H3,(H,33,34)/t20?,21?,31-/m0/s1. The van der Waals surface area contributed by atoms with E-state index in [0.29, 0.717) is 19.3 Å². The van der Waals surface area contributed by atoms with E-state index in [2.05, 4.69) is 5.32 Å². The van der Waals surface area contributed by atoms with Crippen molar-refractivity contribution in [3.63, 3.8) is 0 Å². The molecule has 0 radical (unpaired) electrons. The molecule has 0 fully saturated rings. The maximum Gasteiger partial charge on any atom is 0.514 e. The minimum absolute atomic E-state index is 0.0337. The third-order valence-corrected chi connectivity index (χ3v) is 7.19. The van der Waals surface area contributed by atoms with Crippen molar-refractivity contribution in [1.29, 1.82) is 0 Å². The molecule has 12 nitrogen and oxygen atoms in total. The summed E-state index contributed by atoms with van der Waals surface area (Å²) in [6.45, 7) is 19.4. The van der Waals surface area contributed by atoms with Crippen LogP contribution in [0.2, 0.25) is 0 Å². The molecular formula is C31H49NO11. The van der Waals surface area contributed by atoms with Crippen LogP contribution in [0.1, 0.15) is 101 Å². The lowest BCUT2D eigenvalue weighted by Crippen LogP contribution is -2.59. The van der Waals surface area contributed by atoms with Crippen LogP contribution < -0.4 is 14.8 Å². The van der Waals surface area contributed by atoms with E-state index in [-0.39, 0.29) is 29.0 Å². The van der Waals surface area contributed by atoms with Crippen molar-refractivity contribution >= 4 is 24.4 Å². The van der Waals surface area contributed by atoms with E-state index in [1.54, 1.807) is 41.5 Å². The van der Waals surface area contributed by atoms with Gasteiger partial charge in [-0.2, -0.15) is 0 Å². The second-order valence-electron chi connectivity index (χ2n) is 12.1. The van der Waals surface area contributed by atoms with Gasteiger partial charge in [0.25, 0.3) is 5.72 Å². The molecule has 3 atom stereocenters. The number of rotatable bonds is 15. The van der Waals surface area contributed by atoms with E-state index >= 15 is 0 Å². The molecule has 2 unspecified atom stereocenters. The highest BCUT2D eigenvalue weighted by Gasteiger charge is 2.45. The average molecular weight is 612 g/mol. The summed E-state index contributed by atoms with van der Waals surface area (Å²) in [4.78, 5) is 50.6. The van der Waals surface area contributed by atoms with Crippen LogP contribution in [-0.2, 0) is 30.2 Å². The third-order valence-electron chi connectivity index (χ3n) is 7.19. The predicted octanol–water partition coefficient (Wildman–Crippen LogP) is 7.00. The zero-order chi connectivity index (χ0) is 33.2. The fourth-order valence-electron chi connectivity index (χ4n) is 3.18. The van der Waals surface area contributed by atoms with E-state index in [1.807, 2.05) is 34.6 Å². The number of nitrogens with one attached hydrogen (secondary N) is 1. The van der Waals surface area contributed by atoms with E-state index in [0.717, 1.165) is 0 Å². The van der Waals surface area contributed by atoms with Crippen molar-refractivity contribution in [1.82, 2.24) is 5.32 Å². The van der Waals surface area contributed by atoms with Gasteiger partial charge in [-0.1, -0.05) is 40.7 Å². The van der Waals surface area contributed by atoms with Gasteiger partial charge in [0.05, 0.1) is 0 Å². The Morgan fingerprint density at radius 3 is 1.74 bits per heavy atom. The monoisotopic (exact) mass is 611 g/mol. The topological polar surface area (TPSA) is 156 Å². The molecule has 244 valence electrons. The Kier molecular flexibility index (Phi) is 13.8. The minimum atomic E-state index is -2.25. The summed E-state index contributed by atoms with van der Waals surface area (Å²) in [6, 6.07) is 3.68. The lowest BCUT2D eigenvalue weighted by Gasteiger charge is -2.33. The van der Waals surface area contributed by atoms with Crippen LogP contribution in [-0.4, -0.2) is 58.6 Å². The molecule has 0 aliphatic rings. The van der Waals surface area contributed by atoms with Crippen molar-refractivity contribution in [3.8, 4) is 11.5 Å². The summed E-state index contributed by atoms with van der Waals surface area (Å²) in [7, 11) is 0. The maximum absolute atomic E-state index is 12.7. The zero-order valence-corrected chi connectivity index (χ0v) is 27.3. The van der Waals surface area contributed by atoms with Gasteiger partial charge in [0, 0.05) is 12.5 Å². The Morgan fingerprint density at radius 2 is 1.30 bits per heavy atom. The Morgan fingerprint density at radius 1 is 0.791 bits per heavy atom. The fourth-order valence-corrected chi connectivity index (χ4v) is 3.18. The number of ether oxygens (including phenoxy) is 6. The molecule has 0 bridgehead atoms. The molecule has 0 saturated heterocycles. The molecule has 0 aliphatic heterocycles. The Balaban J connectivity index is 3.54. The molecule has 43 heavy (non-hydrogen) atoms. The number of benzene rings is 1. The summed E-state index contributed by atoms with van der Waals surface area (Å²) in [5, 5.41) is 13.2. The van der Waals surface area contributed by atoms with Crippen LogP contribution in [0.4, 0.5) is 14.4 Å². The number of hydrogen-bond acceptors (Lipinski definition) is 11. The van der Waals surface area contributed by atoms with Gasteiger partial charge in [0.1, 0.15) is 17.3 Å². The Labute approximate surface area is 254 Å². The molecule has 12 heteroatoms. The van der Waals surface area contributed by atoms with E-state index in [1.165, 1.54) is 18.2 Å². The first-order chi connectivity index (χ1) is 19.8. The van der Waals surface area contributed by atoms with Crippen LogP contribution in [0, 0.1) is 5.92 Å². The van der Waals surface area contributed by atoms with Crippen molar-refractivity contribution in [3.05, 3.63) is 23.8 Å². The van der Waals surface area contributed by atoms with Gasteiger partial charge in [-0.15, -0.1) is 0 Å². The van der Waals surface area contributed by atoms with E-state index in [4.69, 9.17) is 28.4 Å². The smallest absolute Gasteiger partial charge is 0.477 e. The highest BCUT2D eigenvalue weighted by Crippen LogP contribution is 2.33. The van der Waals surface area contributed by atoms with Crippen LogP contribution in [0.25, 0.3) is 0 Å². The van der Waals surface area contributed by atoms with Crippen LogP contribution in [0.15, 0.2) is 18.2 Å². The first kappa shape index (κ1) is 37.5. The first-order valence-electron chi connectivity index (χ1n) is 14.6. The second kappa shape index (κ2) is 15.8. The quantitative estimate of drug-likeness (QED) is 0.0907. The largest absolute Gasteiger partial charge is 0.514 e. The average Bonchev–Trinajstić information content (AvgIpc) is 2.88. The van der Waals surface area contributed by atoms with Crippen LogP contribution in [0.5, 0.6) is 11.5 Å². The van der Waals surface area contributed by atoms with Crippen molar-refractivity contribution in [2.45, 2.75) is 131 Å². The predicted molar refractivity (Wildman–Crippen MR) is 158 cm³/mol. The molecule has 0 amide bonds. The van der Waals surface area contributed by atoms with Gasteiger partial charge in [-0.3, -0.25) is 5.32 Å². The van der Waals surface area contributed by atoms with E-state index in [9.17, 15) is 24.3 Å². The third kappa shape index (κ3) is 12.3. The lowest BCUT2D eigenvalue weighted by atomic mass is 10.00. The highest BCUT2D eigenvalue weighted by molar-refractivity contribution is 5.80.